The maximum Gasteiger partial charge on any atom is 0.156 e. The molecule has 0 atom stereocenters. The highest BCUT2D eigenvalue weighted by Crippen LogP contribution is 2.32. The standard InChI is InChI=1S/C9H6ClNS2/c10-8-6-11-9(13-8)12-7-4-2-1-3-5-7/h1-6H. The topological polar surface area (TPSA) is 12.9 Å². The van der Waals surface area contributed by atoms with Gasteiger partial charge in [0.05, 0.1) is 6.20 Å². The third-order valence-electron chi connectivity index (χ3n) is 1.40. The van der Waals surface area contributed by atoms with Gasteiger partial charge in [-0.25, -0.2) is 4.98 Å². The van der Waals surface area contributed by atoms with Gasteiger partial charge in [-0.2, -0.15) is 0 Å². The highest BCUT2D eigenvalue weighted by molar-refractivity contribution is 8.01. The molecule has 0 unspecified atom stereocenters. The molecule has 1 aromatic carbocycles. The van der Waals surface area contributed by atoms with Crippen LogP contribution in [0.25, 0.3) is 0 Å². The summed E-state index contributed by atoms with van der Waals surface area (Å²) in [7, 11) is 0. The molecule has 0 saturated heterocycles. The summed E-state index contributed by atoms with van der Waals surface area (Å²) < 4.78 is 1.72. The Balaban J connectivity index is 2.15. The van der Waals surface area contributed by atoms with Gasteiger partial charge in [-0.15, -0.1) is 0 Å². The van der Waals surface area contributed by atoms with Gasteiger partial charge in [0.2, 0.25) is 0 Å². The maximum absolute atomic E-state index is 5.77. The van der Waals surface area contributed by atoms with Crippen molar-refractivity contribution in [2.75, 3.05) is 0 Å². The summed E-state index contributed by atoms with van der Waals surface area (Å²) in [5.74, 6) is 0. The Bertz CT molecular complexity index is 386. The van der Waals surface area contributed by atoms with Crippen molar-refractivity contribution in [2.24, 2.45) is 0 Å². The van der Waals surface area contributed by atoms with E-state index < -0.39 is 0 Å². The smallest absolute Gasteiger partial charge is 0.156 e. The quantitative estimate of drug-likeness (QED) is 0.771. The van der Waals surface area contributed by atoms with Gasteiger partial charge in [0.15, 0.2) is 4.34 Å². The molecule has 0 amide bonds. The van der Waals surface area contributed by atoms with Crippen LogP contribution in [0, 0.1) is 0 Å². The lowest BCUT2D eigenvalue weighted by atomic mass is 10.4. The molecule has 1 nitrogen and oxygen atoms in total. The second kappa shape index (κ2) is 4.13. The van der Waals surface area contributed by atoms with Gasteiger partial charge in [-0.3, -0.25) is 0 Å². The van der Waals surface area contributed by atoms with Crippen LogP contribution in [0.5, 0.6) is 0 Å². The van der Waals surface area contributed by atoms with Crippen molar-refractivity contribution in [1.29, 1.82) is 0 Å². The second-order valence-electron chi connectivity index (χ2n) is 2.35. The van der Waals surface area contributed by atoms with Crippen molar-refractivity contribution in [1.82, 2.24) is 4.98 Å². The minimum atomic E-state index is 0.735. The molecule has 0 aliphatic heterocycles. The molecule has 0 N–H and O–H groups in total. The van der Waals surface area contributed by atoms with Gasteiger partial charge in [0, 0.05) is 4.90 Å². The zero-order chi connectivity index (χ0) is 9.10. The molecule has 0 aliphatic carbocycles. The molecule has 2 rings (SSSR count). The molecular formula is C9H6ClNS2. The van der Waals surface area contributed by atoms with Gasteiger partial charge in [0.25, 0.3) is 0 Å². The normalized spacial score (nSPS) is 10.2. The summed E-state index contributed by atoms with van der Waals surface area (Å²) in [6, 6.07) is 10.1. The third-order valence-corrected chi connectivity index (χ3v) is 3.60. The van der Waals surface area contributed by atoms with E-state index >= 15 is 0 Å². The predicted octanol–water partition coefficient (Wildman–Crippen LogP) is 3.95. The van der Waals surface area contributed by atoms with Gasteiger partial charge >= 0.3 is 0 Å². The lowest BCUT2D eigenvalue weighted by molar-refractivity contribution is 1.25. The summed E-state index contributed by atoms with van der Waals surface area (Å²) in [5, 5.41) is 0. The fraction of sp³-hybridized carbons (Fsp3) is 0. The molecule has 4 heteroatoms. The highest BCUT2D eigenvalue weighted by atomic mass is 35.5. The van der Waals surface area contributed by atoms with E-state index in [9.17, 15) is 0 Å². The number of hydrogen-bond acceptors (Lipinski definition) is 3. The zero-order valence-corrected chi connectivity index (χ0v) is 8.99. The van der Waals surface area contributed by atoms with Crippen LogP contribution < -0.4 is 0 Å². The molecule has 0 spiro atoms. The fourth-order valence-corrected chi connectivity index (χ4v) is 2.98. The molecule has 1 aromatic heterocycles. The molecule has 0 aliphatic rings. The van der Waals surface area contributed by atoms with Crippen molar-refractivity contribution in [3.05, 3.63) is 40.9 Å². The summed E-state index contributed by atoms with van der Waals surface area (Å²) in [6.45, 7) is 0. The molecule has 1 heterocycles. The summed E-state index contributed by atoms with van der Waals surface area (Å²) >= 11 is 8.90. The lowest BCUT2D eigenvalue weighted by Gasteiger charge is -1.94. The van der Waals surface area contributed by atoms with E-state index in [1.807, 2.05) is 18.2 Å². The second-order valence-corrected chi connectivity index (χ2v) is 5.33. The Morgan fingerprint density at radius 2 is 2.00 bits per heavy atom. The molecule has 66 valence electrons. The van der Waals surface area contributed by atoms with Gasteiger partial charge < -0.3 is 0 Å². The SMILES string of the molecule is Clc1cnc(Sc2ccccc2)s1. The number of benzene rings is 1. The summed E-state index contributed by atoms with van der Waals surface area (Å²) in [6.07, 6.45) is 1.68. The third kappa shape index (κ3) is 2.46. The minimum absolute atomic E-state index is 0.735. The molecular weight excluding hydrogens is 222 g/mol. The van der Waals surface area contributed by atoms with Crippen molar-refractivity contribution < 1.29 is 0 Å². The Hall–Kier alpha value is -0.510. The van der Waals surface area contributed by atoms with E-state index in [1.54, 1.807) is 18.0 Å². The van der Waals surface area contributed by atoms with Gasteiger partial charge in [0.1, 0.15) is 4.34 Å². The van der Waals surface area contributed by atoms with Crippen LogP contribution in [-0.2, 0) is 0 Å². The first kappa shape index (κ1) is 9.06. The molecule has 0 bridgehead atoms. The average Bonchev–Trinajstić information content (AvgIpc) is 2.53. The number of rotatable bonds is 2. The highest BCUT2D eigenvalue weighted by Gasteiger charge is 2.01. The van der Waals surface area contributed by atoms with Crippen molar-refractivity contribution in [3.8, 4) is 0 Å². The first-order valence-corrected chi connectivity index (χ1v) is 5.70. The predicted molar refractivity (Wildman–Crippen MR) is 57.7 cm³/mol. The number of aromatic nitrogens is 1. The summed E-state index contributed by atoms with van der Waals surface area (Å²) in [4.78, 5) is 5.35. The first-order valence-electron chi connectivity index (χ1n) is 3.69. The van der Waals surface area contributed by atoms with Gasteiger partial charge in [-0.1, -0.05) is 52.9 Å². The van der Waals surface area contributed by atoms with E-state index in [-0.39, 0.29) is 0 Å². The number of hydrogen-bond donors (Lipinski definition) is 0. The van der Waals surface area contributed by atoms with E-state index in [4.69, 9.17) is 11.6 Å². The largest absolute Gasteiger partial charge is 0.236 e. The van der Waals surface area contributed by atoms with Crippen LogP contribution in [0.2, 0.25) is 4.34 Å². The maximum atomic E-state index is 5.77. The van der Waals surface area contributed by atoms with E-state index in [2.05, 4.69) is 17.1 Å². The molecule has 0 radical (unpaired) electrons. The number of thiazole rings is 1. The van der Waals surface area contributed by atoms with Crippen molar-refractivity contribution in [3.63, 3.8) is 0 Å². The lowest BCUT2D eigenvalue weighted by Crippen LogP contribution is -1.68. The van der Waals surface area contributed by atoms with Crippen LogP contribution in [-0.4, -0.2) is 4.98 Å². The van der Waals surface area contributed by atoms with Crippen LogP contribution >= 0.6 is 34.7 Å². The number of nitrogens with zero attached hydrogens (tertiary/aromatic N) is 1. The van der Waals surface area contributed by atoms with E-state index in [0.29, 0.717) is 0 Å². The van der Waals surface area contributed by atoms with Crippen molar-refractivity contribution in [2.45, 2.75) is 9.24 Å². The Morgan fingerprint density at radius 3 is 2.62 bits per heavy atom. The van der Waals surface area contributed by atoms with Gasteiger partial charge in [-0.05, 0) is 12.1 Å². The monoisotopic (exact) mass is 227 g/mol. The molecule has 0 saturated carbocycles. The average molecular weight is 228 g/mol. The Labute approximate surface area is 89.8 Å². The molecule has 0 fully saturated rings. The van der Waals surface area contributed by atoms with Crippen molar-refractivity contribution >= 4 is 34.7 Å². The van der Waals surface area contributed by atoms with E-state index in [1.165, 1.54) is 16.2 Å². The van der Waals surface area contributed by atoms with Crippen LogP contribution in [0.4, 0.5) is 0 Å². The minimum Gasteiger partial charge on any atom is -0.236 e. The Kier molecular flexibility index (Phi) is 2.88. The molecule has 2 aromatic rings. The summed E-state index contributed by atoms with van der Waals surface area (Å²) in [5.41, 5.74) is 0. The Morgan fingerprint density at radius 1 is 1.23 bits per heavy atom. The van der Waals surface area contributed by atoms with E-state index in [0.717, 1.165) is 8.68 Å². The zero-order valence-electron chi connectivity index (χ0n) is 6.61. The fourth-order valence-electron chi connectivity index (χ4n) is 0.876. The van der Waals surface area contributed by atoms with Crippen LogP contribution in [0.15, 0.2) is 45.8 Å². The number of halogens is 1. The molecule has 13 heavy (non-hydrogen) atoms. The van der Waals surface area contributed by atoms with Crippen LogP contribution in [0.1, 0.15) is 0 Å². The first-order chi connectivity index (χ1) is 6.34. The van der Waals surface area contributed by atoms with Crippen LogP contribution in [0.3, 0.4) is 0 Å².